The number of likely N-dealkylation sites (tertiary alicyclic amines) is 1. The van der Waals surface area contributed by atoms with Crippen LogP contribution in [0.4, 0.5) is 9.18 Å². The van der Waals surface area contributed by atoms with Gasteiger partial charge in [0, 0.05) is 30.7 Å². The molecule has 2 saturated carbocycles. The summed E-state index contributed by atoms with van der Waals surface area (Å²) in [5.74, 6) is 3.85. The van der Waals surface area contributed by atoms with Crippen molar-refractivity contribution in [2.75, 3.05) is 20.8 Å². The third kappa shape index (κ3) is 5.89. The molecule has 7 unspecified atom stereocenters. The van der Waals surface area contributed by atoms with Crippen LogP contribution in [0.25, 0.3) is 33.6 Å². The molecule has 7 atom stereocenters. The number of H-pyrrole nitrogens is 2. The van der Waals surface area contributed by atoms with Crippen LogP contribution in [-0.4, -0.2) is 69.7 Å². The highest BCUT2D eigenvalue weighted by molar-refractivity contribution is 5.87. The lowest BCUT2D eigenvalue weighted by atomic mass is 9.80. The normalized spacial score (nSPS) is 24.5. The number of fused-ring (bicyclic) bond motifs is 2. The molecule has 2 aliphatic carbocycles. The van der Waals surface area contributed by atoms with Gasteiger partial charge < -0.3 is 29.7 Å². The third-order valence-electron chi connectivity index (χ3n) is 11.0. The van der Waals surface area contributed by atoms with Crippen LogP contribution in [-0.2, 0) is 14.3 Å². The molecular formula is C37H43FN6O4. The van der Waals surface area contributed by atoms with Gasteiger partial charge in [-0.2, -0.15) is 0 Å². The standard InChI is InChI=1S/C37H43FN6O4/c1-20-24-11-12-26(16-24)32(20)35-40-18-29(42-35)23-9-7-22(8-10-23)27-14-13-25(17-28(27)38)30-19-39-34(41-30)31-6-5-15-44(31)36(45)33(21(2)47-3)43-37(46)48-4/h7-10,13-14,17-21,24,26,31-33H,5-6,11-12,15-16H2,1-4H3,(H,39,41)(H,40,42)(H,43,46). The highest BCUT2D eigenvalue weighted by Gasteiger charge is 2.47. The number of nitrogens with one attached hydrogen (secondary N) is 3. The Morgan fingerprint density at radius 1 is 0.938 bits per heavy atom. The number of hydrogen-bond donors (Lipinski definition) is 3. The molecule has 2 bridgehead atoms. The van der Waals surface area contributed by atoms with E-state index < -0.39 is 18.2 Å². The van der Waals surface area contributed by atoms with Crippen molar-refractivity contribution in [1.29, 1.82) is 0 Å². The van der Waals surface area contributed by atoms with Gasteiger partial charge in [0.2, 0.25) is 5.91 Å². The second-order valence-electron chi connectivity index (χ2n) is 13.6. The van der Waals surface area contributed by atoms with Gasteiger partial charge in [-0.1, -0.05) is 43.3 Å². The summed E-state index contributed by atoms with van der Waals surface area (Å²) in [5.41, 5.74) is 4.62. The van der Waals surface area contributed by atoms with E-state index in [2.05, 4.69) is 27.2 Å². The van der Waals surface area contributed by atoms with Gasteiger partial charge in [-0.25, -0.2) is 19.2 Å². The molecular weight excluding hydrogens is 611 g/mol. The highest BCUT2D eigenvalue weighted by atomic mass is 19.1. The van der Waals surface area contributed by atoms with Gasteiger partial charge in [-0.05, 0) is 74.0 Å². The Bertz CT molecular complexity index is 1780. The second kappa shape index (κ2) is 13.2. The Kier molecular flexibility index (Phi) is 8.80. The Hall–Kier alpha value is -4.51. The van der Waals surface area contributed by atoms with Crippen molar-refractivity contribution < 1.29 is 23.5 Å². The number of aromatic amines is 2. The van der Waals surface area contributed by atoms with Crippen LogP contribution in [0.5, 0.6) is 0 Å². The van der Waals surface area contributed by atoms with Crippen molar-refractivity contribution in [3.05, 3.63) is 72.3 Å². The van der Waals surface area contributed by atoms with E-state index in [9.17, 15) is 9.59 Å². The molecule has 48 heavy (non-hydrogen) atoms. The molecule has 2 amide bonds. The van der Waals surface area contributed by atoms with Crippen molar-refractivity contribution in [3.63, 3.8) is 0 Å². The Balaban J connectivity index is 1.04. The van der Waals surface area contributed by atoms with E-state index in [1.54, 1.807) is 24.1 Å². The summed E-state index contributed by atoms with van der Waals surface area (Å²) in [6, 6.07) is 11.8. The van der Waals surface area contributed by atoms with Gasteiger partial charge in [0.15, 0.2) is 0 Å². The number of methoxy groups -OCH3 is 2. The van der Waals surface area contributed by atoms with Crippen molar-refractivity contribution in [3.8, 4) is 33.6 Å². The maximum Gasteiger partial charge on any atom is 0.407 e. The summed E-state index contributed by atoms with van der Waals surface area (Å²) in [7, 11) is 2.73. The maximum atomic E-state index is 15.6. The number of ether oxygens (including phenoxy) is 2. The summed E-state index contributed by atoms with van der Waals surface area (Å²) in [6.45, 7) is 4.60. The van der Waals surface area contributed by atoms with E-state index in [4.69, 9.17) is 14.5 Å². The van der Waals surface area contributed by atoms with E-state index in [0.717, 1.165) is 40.9 Å². The first kappa shape index (κ1) is 32.1. The smallest absolute Gasteiger partial charge is 0.407 e. The van der Waals surface area contributed by atoms with Crippen LogP contribution in [0.15, 0.2) is 54.9 Å². The molecule has 0 radical (unpaired) electrons. The average molecular weight is 655 g/mol. The molecule has 0 spiro atoms. The van der Waals surface area contributed by atoms with E-state index in [-0.39, 0.29) is 17.8 Å². The van der Waals surface area contributed by atoms with Crippen molar-refractivity contribution in [1.82, 2.24) is 30.2 Å². The lowest BCUT2D eigenvalue weighted by Gasteiger charge is -2.30. The molecule has 11 heteroatoms. The predicted molar refractivity (Wildman–Crippen MR) is 179 cm³/mol. The zero-order valence-corrected chi connectivity index (χ0v) is 27.8. The second-order valence-corrected chi connectivity index (χ2v) is 13.6. The van der Waals surface area contributed by atoms with Crippen LogP contribution in [0, 0.1) is 23.6 Å². The van der Waals surface area contributed by atoms with Crippen LogP contribution >= 0.6 is 0 Å². The molecule has 10 nitrogen and oxygen atoms in total. The zero-order valence-electron chi connectivity index (χ0n) is 27.8. The number of aromatic nitrogens is 4. The van der Waals surface area contributed by atoms with E-state index >= 15 is 4.39 Å². The minimum atomic E-state index is -0.916. The summed E-state index contributed by atoms with van der Waals surface area (Å²) in [4.78, 5) is 43.5. The first-order valence-corrected chi connectivity index (χ1v) is 16.9. The number of amides is 2. The zero-order chi connectivity index (χ0) is 33.5. The number of carbonyl (C=O) groups is 2. The number of rotatable bonds is 9. The Morgan fingerprint density at radius 2 is 1.60 bits per heavy atom. The van der Waals surface area contributed by atoms with Crippen LogP contribution in [0.1, 0.15) is 69.6 Å². The molecule has 252 valence electrons. The van der Waals surface area contributed by atoms with E-state index in [1.165, 1.54) is 39.5 Å². The molecule has 1 saturated heterocycles. The number of hydrogen-bond acceptors (Lipinski definition) is 6. The lowest BCUT2D eigenvalue weighted by molar-refractivity contribution is -0.137. The van der Waals surface area contributed by atoms with Crippen LogP contribution in [0.2, 0.25) is 0 Å². The molecule has 2 aromatic carbocycles. The van der Waals surface area contributed by atoms with Gasteiger partial charge >= 0.3 is 6.09 Å². The maximum absolute atomic E-state index is 15.6. The fraction of sp³-hybridized carbons (Fsp3) is 0.459. The first-order chi connectivity index (χ1) is 23.2. The molecule has 3 fully saturated rings. The SMILES string of the molecule is COC(=O)NC(C(=O)N1CCCC1c1ncc(-c2ccc(-c3ccc(-c4cnc(C5C6CCC(C6)C5C)[nH]4)cc3)c(F)c2)[nH]1)C(C)OC. The minimum absolute atomic E-state index is 0.278. The summed E-state index contributed by atoms with van der Waals surface area (Å²) in [6.07, 6.45) is 7.79. The monoisotopic (exact) mass is 654 g/mol. The number of halogens is 1. The van der Waals surface area contributed by atoms with Gasteiger partial charge in [-0.3, -0.25) is 4.79 Å². The largest absolute Gasteiger partial charge is 0.453 e. The van der Waals surface area contributed by atoms with Crippen molar-refractivity contribution in [2.45, 2.75) is 70.1 Å². The van der Waals surface area contributed by atoms with E-state index in [0.29, 0.717) is 47.4 Å². The Morgan fingerprint density at radius 3 is 2.29 bits per heavy atom. The van der Waals surface area contributed by atoms with Crippen molar-refractivity contribution >= 4 is 12.0 Å². The van der Waals surface area contributed by atoms with Crippen LogP contribution in [0.3, 0.4) is 0 Å². The summed E-state index contributed by atoms with van der Waals surface area (Å²) >= 11 is 0. The predicted octanol–water partition coefficient (Wildman–Crippen LogP) is 6.85. The topological polar surface area (TPSA) is 125 Å². The third-order valence-corrected chi connectivity index (χ3v) is 11.0. The molecule has 3 N–H and O–H groups in total. The van der Waals surface area contributed by atoms with Gasteiger partial charge in [-0.15, -0.1) is 0 Å². The number of carbonyl (C=O) groups excluding carboxylic acids is 2. The Labute approximate surface area is 279 Å². The highest BCUT2D eigenvalue weighted by Crippen LogP contribution is 2.56. The average Bonchev–Trinajstić information content (AvgIpc) is 3.95. The first-order valence-electron chi connectivity index (χ1n) is 16.9. The summed E-state index contributed by atoms with van der Waals surface area (Å²) < 4.78 is 25.7. The summed E-state index contributed by atoms with van der Waals surface area (Å²) in [5, 5.41) is 2.60. The van der Waals surface area contributed by atoms with Gasteiger partial charge in [0.25, 0.3) is 0 Å². The molecule has 2 aromatic heterocycles. The molecule has 3 aliphatic rings. The number of imidazole rings is 2. The van der Waals surface area contributed by atoms with Gasteiger partial charge in [0.05, 0.1) is 43.0 Å². The quantitative estimate of drug-likeness (QED) is 0.181. The number of nitrogens with zero attached hydrogens (tertiary/aromatic N) is 3. The lowest BCUT2D eigenvalue weighted by Crippen LogP contribution is -2.54. The fourth-order valence-electron chi connectivity index (χ4n) is 8.30. The molecule has 3 heterocycles. The molecule has 4 aromatic rings. The number of alkyl carbamates (subject to hydrolysis) is 1. The van der Waals surface area contributed by atoms with Crippen LogP contribution < -0.4 is 5.32 Å². The molecule has 1 aliphatic heterocycles. The fourth-order valence-corrected chi connectivity index (χ4v) is 8.30. The van der Waals surface area contributed by atoms with E-state index in [1.807, 2.05) is 36.5 Å². The van der Waals surface area contributed by atoms with Gasteiger partial charge in [0.1, 0.15) is 23.5 Å². The minimum Gasteiger partial charge on any atom is -0.453 e. The number of benzene rings is 2. The molecule has 7 rings (SSSR count). The van der Waals surface area contributed by atoms with Crippen molar-refractivity contribution in [2.24, 2.45) is 17.8 Å².